The molecule has 2 rings (SSSR count). The van der Waals surface area contributed by atoms with Gasteiger partial charge in [0.05, 0.1) is 12.6 Å². The number of nitrogens with two attached hydrogens (primary N) is 1. The molecule has 1 heterocycles. The molecule has 0 saturated carbocycles. The Balaban J connectivity index is 1.85. The largest absolute Gasteiger partial charge is 0.376 e. The molecule has 1 aliphatic rings. The lowest BCUT2D eigenvalue weighted by Gasteiger charge is -2.11. The number of benzene rings is 1. The van der Waals surface area contributed by atoms with Crippen LogP contribution in [0.15, 0.2) is 29.3 Å². The summed E-state index contributed by atoms with van der Waals surface area (Å²) in [5.41, 5.74) is 7.39. The van der Waals surface area contributed by atoms with Crippen molar-refractivity contribution in [3.8, 4) is 0 Å². The zero-order valence-electron chi connectivity index (χ0n) is 12.3. The maximum Gasteiger partial charge on any atom is 0.251 e. The van der Waals surface area contributed by atoms with E-state index in [0.29, 0.717) is 24.6 Å². The van der Waals surface area contributed by atoms with E-state index >= 15 is 0 Å². The van der Waals surface area contributed by atoms with Crippen molar-refractivity contribution in [1.82, 2.24) is 10.6 Å². The summed E-state index contributed by atoms with van der Waals surface area (Å²) in [5, 5.41) is 5.67. The third-order valence-electron chi connectivity index (χ3n) is 3.38. The van der Waals surface area contributed by atoms with Gasteiger partial charge in [-0.05, 0) is 30.5 Å². The van der Waals surface area contributed by atoms with E-state index in [1.165, 1.54) is 0 Å². The summed E-state index contributed by atoms with van der Waals surface area (Å²) in [6, 6.07) is 7.34. The topological polar surface area (TPSA) is 88.7 Å². The zero-order chi connectivity index (χ0) is 15.1. The van der Waals surface area contributed by atoms with Crippen LogP contribution in [-0.4, -0.2) is 38.2 Å². The first-order chi connectivity index (χ1) is 10.2. The van der Waals surface area contributed by atoms with Crippen LogP contribution in [0.25, 0.3) is 0 Å². The highest BCUT2D eigenvalue weighted by atomic mass is 16.5. The Kier molecular flexibility index (Phi) is 5.57. The minimum Gasteiger partial charge on any atom is -0.376 e. The number of hydrogen-bond acceptors (Lipinski definition) is 3. The third kappa shape index (κ3) is 4.75. The fourth-order valence-electron chi connectivity index (χ4n) is 2.21. The minimum absolute atomic E-state index is 0.106. The highest BCUT2D eigenvalue weighted by Crippen LogP contribution is 2.10. The molecule has 0 aliphatic carbocycles. The van der Waals surface area contributed by atoms with E-state index in [1.807, 2.05) is 18.2 Å². The van der Waals surface area contributed by atoms with Gasteiger partial charge in [-0.25, -0.2) is 4.99 Å². The third-order valence-corrected chi connectivity index (χ3v) is 3.38. The van der Waals surface area contributed by atoms with Gasteiger partial charge >= 0.3 is 0 Å². The van der Waals surface area contributed by atoms with Crippen molar-refractivity contribution in [2.75, 3.05) is 20.2 Å². The van der Waals surface area contributed by atoms with Gasteiger partial charge in [0, 0.05) is 25.8 Å². The quantitative estimate of drug-likeness (QED) is 0.548. The highest BCUT2D eigenvalue weighted by Gasteiger charge is 2.14. The first-order valence-electron chi connectivity index (χ1n) is 7.15. The van der Waals surface area contributed by atoms with Crippen molar-refractivity contribution in [2.24, 2.45) is 10.7 Å². The molecule has 0 spiro atoms. The predicted molar refractivity (Wildman–Crippen MR) is 82.1 cm³/mol. The van der Waals surface area contributed by atoms with Crippen molar-refractivity contribution >= 4 is 11.9 Å². The number of hydrogen-bond donors (Lipinski definition) is 3. The number of nitrogens with zero attached hydrogens (tertiary/aromatic N) is 1. The summed E-state index contributed by atoms with van der Waals surface area (Å²) < 4.78 is 5.50. The van der Waals surface area contributed by atoms with Crippen molar-refractivity contribution in [3.05, 3.63) is 35.4 Å². The van der Waals surface area contributed by atoms with Gasteiger partial charge in [-0.15, -0.1) is 0 Å². The summed E-state index contributed by atoms with van der Waals surface area (Å²) in [4.78, 5) is 15.8. The fraction of sp³-hybridized carbons (Fsp3) is 0.467. The molecule has 1 unspecified atom stereocenters. The standard InChI is InChI=1S/C15H22N4O2/c1-17-14(20)12-5-2-4-11(8-12)9-18-15(16)19-10-13-6-3-7-21-13/h2,4-5,8,13H,3,6-7,9-10H2,1H3,(H,17,20)(H3,16,18,19). The number of guanidine groups is 1. The molecule has 0 radical (unpaired) electrons. The molecular weight excluding hydrogens is 268 g/mol. The fourth-order valence-corrected chi connectivity index (χ4v) is 2.21. The molecule has 21 heavy (non-hydrogen) atoms. The van der Waals surface area contributed by atoms with Crippen LogP contribution in [0, 0.1) is 0 Å². The molecule has 1 fully saturated rings. The lowest BCUT2D eigenvalue weighted by molar-refractivity contribution is 0.0963. The van der Waals surface area contributed by atoms with Crippen LogP contribution < -0.4 is 16.4 Å². The summed E-state index contributed by atoms with van der Waals surface area (Å²) in [6.07, 6.45) is 2.40. The van der Waals surface area contributed by atoms with Crippen LogP contribution in [0.1, 0.15) is 28.8 Å². The van der Waals surface area contributed by atoms with Crippen molar-refractivity contribution in [1.29, 1.82) is 0 Å². The maximum absolute atomic E-state index is 11.6. The van der Waals surface area contributed by atoms with Gasteiger partial charge in [0.2, 0.25) is 0 Å². The van der Waals surface area contributed by atoms with Crippen molar-refractivity contribution in [3.63, 3.8) is 0 Å². The maximum atomic E-state index is 11.6. The first kappa shape index (κ1) is 15.3. The van der Waals surface area contributed by atoms with Crippen LogP contribution >= 0.6 is 0 Å². The number of aliphatic imine (C=N–C) groups is 1. The van der Waals surface area contributed by atoms with Gasteiger partial charge in [-0.2, -0.15) is 0 Å². The Hall–Kier alpha value is -2.08. The number of rotatable bonds is 5. The summed E-state index contributed by atoms with van der Waals surface area (Å²) >= 11 is 0. The van der Waals surface area contributed by atoms with Gasteiger partial charge in [0.25, 0.3) is 5.91 Å². The Labute approximate surface area is 124 Å². The predicted octanol–water partition coefficient (Wildman–Crippen LogP) is 0.630. The second-order valence-electron chi connectivity index (χ2n) is 5.00. The molecule has 1 atom stereocenters. The van der Waals surface area contributed by atoms with Crippen LogP contribution in [-0.2, 0) is 11.3 Å². The second kappa shape index (κ2) is 7.64. The van der Waals surface area contributed by atoms with Crippen LogP contribution in [0.4, 0.5) is 0 Å². The zero-order valence-corrected chi connectivity index (χ0v) is 12.3. The van der Waals surface area contributed by atoms with E-state index in [2.05, 4.69) is 15.6 Å². The second-order valence-corrected chi connectivity index (χ2v) is 5.00. The summed E-state index contributed by atoms with van der Waals surface area (Å²) in [6.45, 7) is 1.96. The van der Waals surface area contributed by atoms with Gasteiger partial charge in [-0.1, -0.05) is 12.1 Å². The van der Waals surface area contributed by atoms with Crippen molar-refractivity contribution in [2.45, 2.75) is 25.5 Å². The molecule has 1 aliphatic heterocycles. The van der Waals surface area contributed by atoms with E-state index < -0.39 is 0 Å². The molecule has 6 nitrogen and oxygen atoms in total. The highest BCUT2D eigenvalue weighted by molar-refractivity contribution is 5.94. The molecule has 0 bridgehead atoms. The molecule has 114 valence electrons. The Bertz CT molecular complexity index is 510. The van der Waals surface area contributed by atoms with Crippen LogP contribution in [0.5, 0.6) is 0 Å². The molecule has 0 aromatic heterocycles. The van der Waals surface area contributed by atoms with E-state index in [9.17, 15) is 4.79 Å². The average Bonchev–Trinajstić information content (AvgIpc) is 3.04. The van der Waals surface area contributed by atoms with Crippen molar-refractivity contribution < 1.29 is 9.53 Å². The number of ether oxygens (including phenoxy) is 1. The molecular formula is C15H22N4O2. The van der Waals surface area contributed by atoms with Gasteiger partial charge < -0.3 is 21.1 Å². The lowest BCUT2D eigenvalue weighted by atomic mass is 10.1. The van der Waals surface area contributed by atoms with E-state index in [-0.39, 0.29) is 12.0 Å². The molecule has 1 saturated heterocycles. The summed E-state index contributed by atoms with van der Waals surface area (Å²) in [5.74, 6) is 0.293. The van der Waals surface area contributed by atoms with Crippen LogP contribution in [0.2, 0.25) is 0 Å². The molecule has 4 N–H and O–H groups in total. The van der Waals surface area contributed by atoms with Gasteiger partial charge in [0.1, 0.15) is 0 Å². The number of amides is 1. The Morgan fingerprint density at radius 1 is 1.52 bits per heavy atom. The number of carbonyl (C=O) groups excluding carboxylic acids is 1. The van der Waals surface area contributed by atoms with Gasteiger partial charge in [0.15, 0.2) is 5.96 Å². The monoisotopic (exact) mass is 290 g/mol. The van der Waals surface area contributed by atoms with E-state index in [0.717, 1.165) is 25.0 Å². The van der Waals surface area contributed by atoms with Crippen LogP contribution in [0.3, 0.4) is 0 Å². The normalized spacial score (nSPS) is 18.5. The lowest BCUT2D eigenvalue weighted by Crippen LogP contribution is -2.37. The molecule has 1 aromatic rings. The van der Waals surface area contributed by atoms with E-state index in [4.69, 9.17) is 10.5 Å². The molecule has 1 aromatic carbocycles. The minimum atomic E-state index is -0.106. The molecule has 1 amide bonds. The first-order valence-corrected chi connectivity index (χ1v) is 7.15. The Morgan fingerprint density at radius 2 is 2.38 bits per heavy atom. The van der Waals surface area contributed by atoms with E-state index in [1.54, 1.807) is 13.1 Å². The molecule has 6 heteroatoms. The number of carbonyl (C=O) groups is 1. The van der Waals surface area contributed by atoms with Gasteiger partial charge in [-0.3, -0.25) is 4.79 Å². The summed E-state index contributed by atoms with van der Waals surface area (Å²) in [7, 11) is 1.61. The SMILES string of the molecule is CNC(=O)c1cccc(CN=C(N)NCC2CCCO2)c1. The Morgan fingerprint density at radius 3 is 3.10 bits per heavy atom. The smallest absolute Gasteiger partial charge is 0.251 e. The average molecular weight is 290 g/mol. The number of nitrogens with one attached hydrogen (secondary N) is 2.